The van der Waals surface area contributed by atoms with Gasteiger partial charge in [-0.25, -0.2) is 0 Å². The zero-order chi connectivity index (χ0) is 12.4. The van der Waals surface area contributed by atoms with Crippen LogP contribution in [0.3, 0.4) is 0 Å². The van der Waals surface area contributed by atoms with Crippen molar-refractivity contribution in [2.45, 2.75) is 26.8 Å². The van der Waals surface area contributed by atoms with Gasteiger partial charge in [-0.1, -0.05) is 12.1 Å². The highest BCUT2D eigenvalue weighted by Gasteiger charge is 2.08. The van der Waals surface area contributed by atoms with E-state index in [0.29, 0.717) is 13.0 Å². The van der Waals surface area contributed by atoms with Gasteiger partial charge in [-0.05, 0) is 31.5 Å². The Morgan fingerprint density at radius 3 is 2.82 bits per heavy atom. The molecule has 0 atom stereocenters. The van der Waals surface area contributed by atoms with Crippen LogP contribution >= 0.6 is 0 Å². The number of hydrogen-bond acceptors (Lipinski definition) is 2. The zero-order valence-corrected chi connectivity index (χ0v) is 10.5. The van der Waals surface area contributed by atoms with E-state index in [-0.39, 0.29) is 5.97 Å². The SMILES string of the molecule is COC(=O)CCn1c(C)cc2c(C)cccc21. The van der Waals surface area contributed by atoms with E-state index in [0.717, 1.165) is 0 Å². The van der Waals surface area contributed by atoms with Crippen molar-refractivity contribution in [1.29, 1.82) is 0 Å². The minimum absolute atomic E-state index is 0.168. The summed E-state index contributed by atoms with van der Waals surface area (Å²) in [7, 11) is 1.42. The van der Waals surface area contributed by atoms with Crippen LogP contribution < -0.4 is 0 Å². The molecule has 0 unspecified atom stereocenters. The van der Waals surface area contributed by atoms with Crippen LogP contribution in [0.5, 0.6) is 0 Å². The number of aryl methyl sites for hydroxylation is 3. The lowest BCUT2D eigenvalue weighted by molar-refractivity contribution is -0.140. The first-order valence-electron chi connectivity index (χ1n) is 5.75. The quantitative estimate of drug-likeness (QED) is 0.761. The van der Waals surface area contributed by atoms with Crippen molar-refractivity contribution in [2.24, 2.45) is 0 Å². The molecule has 0 aliphatic rings. The third-order valence-corrected chi connectivity index (χ3v) is 3.14. The summed E-state index contributed by atoms with van der Waals surface area (Å²) in [6.45, 7) is 4.84. The number of hydrogen-bond donors (Lipinski definition) is 0. The Hall–Kier alpha value is -1.77. The zero-order valence-electron chi connectivity index (χ0n) is 10.5. The van der Waals surface area contributed by atoms with E-state index in [1.54, 1.807) is 0 Å². The maximum Gasteiger partial charge on any atom is 0.307 e. The van der Waals surface area contributed by atoms with Gasteiger partial charge < -0.3 is 9.30 Å². The molecule has 2 aromatic rings. The number of fused-ring (bicyclic) bond motifs is 1. The second kappa shape index (κ2) is 4.62. The Morgan fingerprint density at radius 1 is 1.35 bits per heavy atom. The van der Waals surface area contributed by atoms with Gasteiger partial charge in [0.1, 0.15) is 0 Å². The summed E-state index contributed by atoms with van der Waals surface area (Å²) in [6.07, 6.45) is 0.412. The molecular weight excluding hydrogens is 214 g/mol. The molecule has 0 bridgehead atoms. The van der Waals surface area contributed by atoms with Gasteiger partial charge in [0, 0.05) is 23.1 Å². The smallest absolute Gasteiger partial charge is 0.307 e. The molecule has 0 spiro atoms. The second-order valence-electron chi connectivity index (χ2n) is 4.27. The Balaban J connectivity index is 2.37. The molecule has 0 aliphatic carbocycles. The first-order chi connectivity index (χ1) is 8.13. The van der Waals surface area contributed by atoms with Crippen molar-refractivity contribution < 1.29 is 9.53 Å². The fraction of sp³-hybridized carbons (Fsp3) is 0.357. The minimum Gasteiger partial charge on any atom is -0.469 e. The van der Waals surface area contributed by atoms with Crippen LogP contribution in [0, 0.1) is 13.8 Å². The monoisotopic (exact) mass is 231 g/mol. The van der Waals surface area contributed by atoms with E-state index in [1.807, 2.05) is 6.07 Å². The molecular formula is C14H17NO2. The molecule has 3 nitrogen and oxygen atoms in total. The molecule has 0 saturated heterocycles. The Labute approximate surface area is 101 Å². The minimum atomic E-state index is -0.168. The van der Waals surface area contributed by atoms with Crippen LogP contribution in [0.2, 0.25) is 0 Å². The van der Waals surface area contributed by atoms with E-state index < -0.39 is 0 Å². The first-order valence-corrected chi connectivity index (χ1v) is 5.75. The Morgan fingerprint density at radius 2 is 2.12 bits per heavy atom. The predicted octanol–water partition coefficient (Wildman–Crippen LogP) is 2.82. The van der Waals surface area contributed by atoms with Crippen molar-refractivity contribution in [3.8, 4) is 0 Å². The second-order valence-corrected chi connectivity index (χ2v) is 4.27. The highest BCUT2D eigenvalue weighted by Crippen LogP contribution is 2.23. The van der Waals surface area contributed by atoms with Gasteiger partial charge in [0.05, 0.1) is 13.5 Å². The third kappa shape index (κ3) is 2.18. The van der Waals surface area contributed by atoms with Crippen LogP contribution in [0.15, 0.2) is 24.3 Å². The van der Waals surface area contributed by atoms with Crippen molar-refractivity contribution in [3.05, 3.63) is 35.5 Å². The van der Waals surface area contributed by atoms with E-state index >= 15 is 0 Å². The maximum absolute atomic E-state index is 11.2. The highest BCUT2D eigenvalue weighted by molar-refractivity contribution is 5.84. The molecule has 0 radical (unpaired) electrons. The summed E-state index contributed by atoms with van der Waals surface area (Å²) in [4.78, 5) is 11.2. The number of carbonyl (C=O) groups is 1. The van der Waals surface area contributed by atoms with E-state index in [2.05, 4.69) is 41.4 Å². The third-order valence-electron chi connectivity index (χ3n) is 3.14. The number of aromatic nitrogens is 1. The van der Waals surface area contributed by atoms with Gasteiger partial charge >= 0.3 is 5.97 Å². The lowest BCUT2D eigenvalue weighted by Gasteiger charge is -2.07. The summed E-state index contributed by atoms with van der Waals surface area (Å²) in [5, 5.41) is 1.26. The summed E-state index contributed by atoms with van der Waals surface area (Å²) in [5.41, 5.74) is 3.63. The molecule has 0 saturated carbocycles. The summed E-state index contributed by atoms with van der Waals surface area (Å²) in [5.74, 6) is -0.168. The van der Waals surface area contributed by atoms with Crippen LogP contribution in [-0.2, 0) is 16.1 Å². The van der Waals surface area contributed by atoms with Crippen LogP contribution in [0.4, 0.5) is 0 Å². The fourth-order valence-corrected chi connectivity index (χ4v) is 2.17. The fourth-order valence-electron chi connectivity index (χ4n) is 2.17. The van der Waals surface area contributed by atoms with Crippen molar-refractivity contribution in [3.63, 3.8) is 0 Å². The summed E-state index contributed by atoms with van der Waals surface area (Å²) >= 11 is 0. The largest absolute Gasteiger partial charge is 0.469 e. The predicted molar refractivity (Wildman–Crippen MR) is 68.0 cm³/mol. The molecule has 1 aromatic carbocycles. The number of ether oxygens (including phenoxy) is 1. The molecule has 1 heterocycles. The first kappa shape index (κ1) is 11.7. The number of rotatable bonds is 3. The van der Waals surface area contributed by atoms with E-state index in [9.17, 15) is 4.79 Å². The highest BCUT2D eigenvalue weighted by atomic mass is 16.5. The van der Waals surface area contributed by atoms with Gasteiger partial charge in [-0.3, -0.25) is 4.79 Å². The number of esters is 1. The van der Waals surface area contributed by atoms with Crippen molar-refractivity contribution in [1.82, 2.24) is 4.57 Å². The normalized spacial score (nSPS) is 10.8. The van der Waals surface area contributed by atoms with Gasteiger partial charge in [0.2, 0.25) is 0 Å². The number of nitrogens with zero attached hydrogens (tertiary/aromatic N) is 1. The topological polar surface area (TPSA) is 31.2 Å². The molecule has 0 aliphatic heterocycles. The summed E-state index contributed by atoms with van der Waals surface area (Å²) in [6, 6.07) is 8.41. The Bertz CT molecular complexity index is 555. The van der Waals surface area contributed by atoms with E-state index in [4.69, 9.17) is 0 Å². The standard InChI is InChI=1S/C14H17NO2/c1-10-5-4-6-13-12(10)9-11(2)15(13)8-7-14(16)17-3/h4-6,9H,7-8H2,1-3H3. The van der Waals surface area contributed by atoms with Crippen LogP contribution in [0.25, 0.3) is 10.9 Å². The molecule has 1 aromatic heterocycles. The van der Waals surface area contributed by atoms with Crippen molar-refractivity contribution in [2.75, 3.05) is 7.11 Å². The molecule has 3 heteroatoms. The van der Waals surface area contributed by atoms with Crippen molar-refractivity contribution >= 4 is 16.9 Å². The summed E-state index contributed by atoms with van der Waals surface area (Å²) < 4.78 is 6.84. The molecule has 17 heavy (non-hydrogen) atoms. The molecule has 90 valence electrons. The van der Waals surface area contributed by atoms with Gasteiger partial charge in [0.15, 0.2) is 0 Å². The lowest BCUT2D eigenvalue weighted by Crippen LogP contribution is -2.07. The number of carbonyl (C=O) groups excluding carboxylic acids is 1. The molecule has 0 amide bonds. The van der Waals surface area contributed by atoms with Crippen LogP contribution in [-0.4, -0.2) is 17.6 Å². The number of benzene rings is 1. The average molecular weight is 231 g/mol. The van der Waals surface area contributed by atoms with Gasteiger partial charge in [-0.15, -0.1) is 0 Å². The molecule has 2 rings (SSSR count). The molecule has 0 N–H and O–H groups in total. The van der Waals surface area contributed by atoms with E-state index in [1.165, 1.54) is 29.3 Å². The van der Waals surface area contributed by atoms with Crippen LogP contribution in [0.1, 0.15) is 17.7 Å². The Kier molecular flexibility index (Phi) is 3.18. The lowest BCUT2D eigenvalue weighted by atomic mass is 10.1. The maximum atomic E-state index is 11.2. The molecule has 0 fully saturated rings. The van der Waals surface area contributed by atoms with Gasteiger partial charge in [0.25, 0.3) is 0 Å². The average Bonchev–Trinajstić information content (AvgIpc) is 2.64. The number of methoxy groups -OCH3 is 1. The van der Waals surface area contributed by atoms with Gasteiger partial charge in [-0.2, -0.15) is 0 Å².